The second kappa shape index (κ2) is 10.7. The number of allylic oxidation sites excluding steroid dienone is 1. The maximum absolute atomic E-state index is 2.48. The van der Waals surface area contributed by atoms with Crippen molar-refractivity contribution in [2.75, 3.05) is 0 Å². The lowest BCUT2D eigenvalue weighted by Crippen LogP contribution is -2.15. The van der Waals surface area contributed by atoms with Gasteiger partial charge in [-0.1, -0.05) is 111 Å². The number of benzene rings is 7. The molecule has 0 saturated heterocycles. The zero-order valence-electron chi connectivity index (χ0n) is 30.3. The van der Waals surface area contributed by atoms with Crippen LogP contribution in [0.1, 0.15) is 42.7 Å². The smallest absolute Gasteiger partial charge is 0.0562 e. The molecule has 0 atom stereocenters. The highest BCUT2D eigenvalue weighted by Gasteiger charge is 2.36. The quantitative estimate of drug-likeness (QED) is 0.175. The summed E-state index contributed by atoms with van der Waals surface area (Å²) < 4.78 is 7.43. The summed E-state index contributed by atoms with van der Waals surface area (Å²) in [7, 11) is 0. The first-order valence-corrected chi connectivity index (χ1v) is 19.2. The molecule has 3 heteroatoms. The molecule has 10 aromatic rings. The summed E-state index contributed by atoms with van der Waals surface area (Å²) in [6.45, 7) is 4.76. The average molecular weight is 692 g/mol. The van der Waals surface area contributed by atoms with E-state index in [4.69, 9.17) is 0 Å². The van der Waals surface area contributed by atoms with Gasteiger partial charge in [0.25, 0.3) is 0 Å². The molecule has 3 aromatic heterocycles. The van der Waals surface area contributed by atoms with Gasteiger partial charge in [0.2, 0.25) is 0 Å². The largest absolute Gasteiger partial charge is 0.310 e. The van der Waals surface area contributed by atoms with Crippen LogP contribution in [-0.4, -0.2) is 13.7 Å². The number of hydrogen-bond acceptors (Lipinski definition) is 0. The van der Waals surface area contributed by atoms with Crippen molar-refractivity contribution < 1.29 is 0 Å². The van der Waals surface area contributed by atoms with Gasteiger partial charge < -0.3 is 13.7 Å². The standard InChI is InChI=1S/C51H37N3/c1-51(2)41-28-26-32(52-43-19-8-3-14-34(43)35-15-4-9-20-44(35)52)30-39(41)40-31-33(27-29-42(40)51)53-47-23-12-7-18-38(47)50-48(53)24-13-25-49(50)54-45-21-10-5-16-36(45)37-17-6-11-22-46(37)54/h3,5-14,16-31H,4,15H2,1-2H3. The Balaban J connectivity index is 1.10. The zero-order chi connectivity index (χ0) is 35.7. The van der Waals surface area contributed by atoms with Crippen LogP contribution in [0, 0.1) is 0 Å². The number of fused-ring (bicyclic) bond motifs is 12. The van der Waals surface area contributed by atoms with E-state index in [0.29, 0.717) is 0 Å². The predicted octanol–water partition coefficient (Wildman–Crippen LogP) is 13.1. The van der Waals surface area contributed by atoms with Gasteiger partial charge in [-0.25, -0.2) is 0 Å². The van der Waals surface area contributed by atoms with Crippen molar-refractivity contribution in [2.45, 2.75) is 32.1 Å². The summed E-state index contributed by atoms with van der Waals surface area (Å²) in [4.78, 5) is 0. The molecule has 0 spiro atoms. The van der Waals surface area contributed by atoms with E-state index in [0.717, 1.165) is 12.8 Å². The molecule has 3 heterocycles. The molecule has 3 nitrogen and oxygen atoms in total. The Bertz CT molecular complexity index is 3200. The molecule has 256 valence electrons. The summed E-state index contributed by atoms with van der Waals surface area (Å²) in [5, 5.41) is 6.44. The molecule has 2 aliphatic carbocycles. The van der Waals surface area contributed by atoms with Crippen LogP contribution >= 0.6 is 0 Å². The normalized spacial score (nSPS) is 14.4. The lowest BCUT2D eigenvalue weighted by Gasteiger charge is -2.22. The molecule has 0 unspecified atom stereocenters. The zero-order valence-corrected chi connectivity index (χ0v) is 30.3. The molecule has 54 heavy (non-hydrogen) atoms. The predicted molar refractivity (Wildman–Crippen MR) is 227 cm³/mol. The molecule has 0 amide bonds. The Morgan fingerprint density at radius 1 is 0.463 bits per heavy atom. The van der Waals surface area contributed by atoms with E-state index in [1.165, 1.54) is 105 Å². The molecule has 0 fully saturated rings. The lowest BCUT2D eigenvalue weighted by atomic mass is 9.82. The number of rotatable bonds is 3. The Morgan fingerprint density at radius 2 is 0.981 bits per heavy atom. The van der Waals surface area contributed by atoms with Gasteiger partial charge in [-0.05, 0) is 107 Å². The maximum atomic E-state index is 2.48. The van der Waals surface area contributed by atoms with Crippen LogP contribution < -0.4 is 0 Å². The number of hydrogen-bond donors (Lipinski definition) is 0. The van der Waals surface area contributed by atoms with E-state index in [2.05, 4.69) is 191 Å². The third-order valence-electron chi connectivity index (χ3n) is 12.5. The number of aryl methyl sites for hydroxylation is 1. The van der Waals surface area contributed by atoms with Crippen LogP contribution in [-0.2, 0) is 11.8 Å². The monoisotopic (exact) mass is 691 g/mol. The average Bonchev–Trinajstić information content (AvgIpc) is 3.91. The molecule has 0 radical (unpaired) electrons. The molecule has 0 saturated carbocycles. The van der Waals surface area contributed by atoms with Gasteiger partial charge in [0.05, 0.1) is 33.3 Å². The van der Waals surface area contributed by atoms with E-state index in [1.54, 1.807) is 0 Å². The molecule has 0 N–H and O–H groups in total. The van der Waals surface area contributed by atoms with Gasteiger partial charge in [0, 0.05) is 49.4 Å². The summed E-state index contributed by atoms with van der Waals surface area (Å²) >= 11 is 0. The molecule has 0 bridgehead atoms. The van der Waals surface area contributed by atoms with Gasteiger partial charge in [-0.3, -0.25) is 0 Å². The summed E-state index contributed by atoms with van der Waals surface area (Å²) in [6.07, 6.45) is 6.84. The van der Waals surface area contributed by atoms with E-state index >= 15 is 0 Å². The molecule has 12 rings (SSSR count). The molecular formula is C51H37N3. The number of aromatic nitrogens is 3. The van der Waals surface area contributed by atoms with Crippen molar-refractivity contribution in [3.8, 4) is 28.2 Å². The lowest BCUT2D eigenvalue weighted by molar-refractivity contribution is 0.660. The summed E-state index contributed by atoms with van der Waals surface area (Å²) in [5.41, 5.74) is 17.8. The van der Waals surface area contributed by atoms with Crippen LogP contribution in [0.2, 0.25) is 0 Å². The van der Waals surface area contributed by atoms with Gasteiger partial charge in [-0.2, -0.15) is 0 Å². The minimum atomic E-state index is -0.107. The molecule has 2 aliphatic rings. The first-order valence-electron chi connectivity index (χ1n) is 19.2. The Labute approximate surface area is 313 Å². The van der Waals surface area contributed by atoms with E-state index in [-0.39, 0.29) is 5.41 Å². The van der Waals surface area contributed by atoms with Crippen molar-refractivity contribution >= 4 is 60.6 Å². The fourth-order valence-electron chi connectivity index (χ4n) is 10.1. The van der Waals surface area contributed by atoms with Crippen LogP contribution in [0.4, 0.5) is 0 Å². The van der Waals surface area contributed by atoms with Crippen molar-refractivity contribution in [1.29, 1.82) is 0 Å². The van der Waals surface area contributed by atoms with Crippen molar-refractivity contribution in [1.82, 2.24) is 13.7 Å². The first-order chi connectivity index (χ1) is 26.6. The first kappa shape index (κ1) is 29.9. The highest BCUT2D eigenvalue weighted by molar-refractivity contribution is 6.16. The van der Waals surface area contributed by atoms with Crippen LogP contribution in [0.15, 0.2) is 158 Å². The summed E-state index contributed by atoms with van der Waals surface area (Å²) in [5.74, 6) is 0. The third-order valence-corrected chi connectivity index (χ3v) is 12.5. The van der Waals surface area contributed by atoms with Crippen LogP contribution in [0.25, 0.3) is 88.8 Å². The van der Waals surface area contributed by atoms with Crippen molar-refractivity contribution in [2.24, 2.45) is 0 Å². The minimum absolute atomic E-state index is 0.107. The fourth-order valence-corrected chi connectivity index (χ4v) is 10.1. The highest BCUT2D eigenvalue weighted by atomic mass is 15.0. The SMILES string of the molecule is CC1(C)c2ccc(-n3c4c(c5ccccc53)CCC=C4)cc2-c2cc(-n3c4ccccc4c4c(-n5c6ccccc6c6ccccc65)cccc43)ccc21. The van der Waals surface area contributed by atoms with Crippen LogP contribution in [0.3, 0.4) is 0 Å². The van der Waals surface area contributed by atoms with Crippen LogP contribution in [0.5, 0.6) is 0 Å². The topological polar surface area (TPSA) is 14.8 Å². The van der Waals surface area contributed by atoms with E-state index < -0.39 is 0 Å². The van der Waals surface area contributed by atoms with Gasteiger partial charge >= 0.3 is 0 Å². The number of nitrogens with zero attached hydrogens (tertiary/aromatic N) is 3. The second-order valence-electron chi connectivity index (χ2n) is 15.6. The Hall–Kier alpha value is -6.58. The molecule has 0 aliphatic heterocycles. The van der Waals surface area contributed by atoms with Crippen molar-refractivity contribution in [3.05, 3.63) is 180 Å². The fraction of sp³-hybridized carbons (Fsp3) is 0.0980. The molecular weight excluding hydrogens is 655 g/mol. The van der Waals surface area contributed by atoms with Gasteiger partial charge in [-0.15, -0.1) is 0 Å². The second-order valence-corrected chi connectivity index (χ2v) is 15.6. The molecule has 7 aromatic carbocycles. The Morgan fingerprint density at radius 3 is 1.63 bits per heavy atom. The summed E-state index contributed by atoms with van der Waals surface area (Å²) in [6, 6.07) is 56.6. The van der Waals surface area contributed by atoms with Gasteiger partial charge in [0.15, 0.2) is 0 Å². The minimum Gasteiger partial charge on any atom is -0.310 e. The van der Waals surface area contributed by atoms with E-state index in [1.807, 2.05) is 0 Å². The van der Waals surface area contributed by atoms with Crippen molar-refractivity contribution in [3.63, 3.8) is 0 Å². The third kappa shape index (κ3) is 3.86. The number of para-hydroxylation sites is 4. The van der Waals surface area contributed by atoms with E-state index in [9.17, 15) is 0 Å². The Kier molecular flexibility index (Phi) is 5.96. The van der Waals surface area contributed by atoms with Gasteiger partial charge in [0.1, 0.15) is 0 Å². The highest BCUT2D eigenvalue weighted by Crippen LogP contribution is 2.51. The maximum Gasteiger partial charge on any atom is 0.0562 e.